The summed E-state index contributed by atoms with van der Waals surface area (Å²) in [5.74, 6) is 0. The molecule has 0 radical (unpaired) electrons. The van der Waals surface area contributed by atoms with Crippen molar-refractivity contribution in [1.29, 1.82) is 0 Å². The van der Waals surface area contributed by atoms with Crippen LogP contribution >= 0.6 is 0 Å². The van der Waals surface area contributed by atoms with Crippen LogP contribution in [0.1, 0.15) is 169 Å². The van der Waals surface area contributed by atoms with E-state index in [0.717, 1.165) is 150 Å². The molecule has 0 unspecified atom stereocenters. The van der Waals surface area contributed by atoms with Gasteiger partial charge in [-0.1, -0.05) is 388 Å². The van der Waals surface area contributed by atoms with Crippen molar-refractivity contribution in [3.63, 3.8) is 0 Å². The molecule has 6 aromatic heterocycles. The Labute approximate surface area is 812 Å². The van der Waals surface area contributed by atoms with E-state index in [1.165, 1.54) is 177 Å². The number of hydrogen-bond donors (Lipinski definition) is 0. The predicted octanol–water partition coefficient (Wildman–Crippen LogP) is 35.9. The zero-order chi connectivity index (χ0) is 91.6. The molecular weight excluding hydrogens is 1830 g/mol. The number of benzene rings is 15. The van der Waals surface area contributed by atoms with Gasteiger partial charge in [-0.2, -0.15) is 0 Å². The van der Waals surface area contributed by atoms with E-state index in [4.69, 9.17) is 28.2 Å². The minimum Gasteiger partial charge on any atom is -0.501 e. The van der Waals surface area contributed by atoms with Crippen LogP contribution < -0.4 is 0 Å². The summed E-state index contributed by atoms with van der Waals surface area (Å²) in [7, 11) is 0. The third-order valence-electron chi connectivity index (χ3n) is 29.5. The summed E-state index contributed by atoms with van der Waals surface area (Å²) in [5.41, 5.74) is 45.4. The Bertz CT molecular complexity index is 7360. The second kappa shape index (κ2) is 36.9. The Morgan fingerprint density at radius 1 is 0.235 bits per heavy atom. The van der Waals surface area contributed by atoms with Crippen LogP contribution in [0, 0.1) is 39.0 Å². The molecule has 21 aromatic rings. The maximum Gasteiger partial charge on any atom is 3.00 e. The van der Waals surface area contributed by atoms with Crippen LogP contribution in [0.4, 0.5) is 0 Å². The Hall–Kier alpha value is -14.2. The Balaban J connectivity index is 0.000000122. The smallest absolute Gasteiger partial charge is 0.501 e. The first kappa shape index (κ1) is 88.4. The van der Waals surface area contributed by atoms with Crippen LogP contribution in [0.3, 0.4) is 0 Å². The second-order valence-corrected chi connectivity index (χ2v) is 37.6. The number of aromatic nitrogens is 3. The van der Waals surface area contributed by atoms with Gasteiger partial charge in [0.2, 0.25) is 0 Å². The van der Waals surface area contributed by atoms with Gasteiger partial charge in [-0.05, 0) is 244 Å². The molecule has 0 aliphatic heterocycles. The van der Waals surface area contributed by atoms with Gasteiger partial charge >= 0.3 is 20.1 Å². The third-order valence-corrected chi connectivity index (χ3v) is 29.5. The van der Waals surface area contributed by atoms with Crippen molar-refractivity contribution < 1.29 is 33.4 Å². The summed E-state index contributed by atoms with van der Waals surface area (Å²) in [6.45, 7) is 20.3. The fourth-order valence-corrected chi connectivity index (χ4v) is 23.7. The molecule has 24 rings (SSSR count). The molecule has 0 amide bonds. The average molecular weight is 1940 g/mol. The zero-order valence-electron chi connectivity index (χ0n) is 78.8. The predicted molar refractivity (Wildman–Crippen MR) is 562 cm³/mol. The molecule has 0 bridgehead atoms. The Morgan fingerprint density at radius 2 is 0.471 bits per heavy atom. The maximum absolute atomic E-state index is 6.62. The van der Waals surface area contributed by atoms with E-state index in [-0.39, 0.29) is 36.4 Å². The van der Waals surface area contributed by atoms with Crippen molar-refractivity contribution in [3.05, 3.63) is 414 Å². The molecule has 6 heterocycles. The van der Waals surface area contributed by atoms with Gasteiger partial charge in [0.05, 0.1) is 16.7 Å². The topological polar surface area (TPSA) is 78.1 Å². The quantitative estimate of drug-likeness (QED) is 0.0667. The molecule has 15 aromatic carbocycles. The zero-order valence-corrected chi connectivity index (χ0v) is 81.2. The van der Waals surface area contributed by atoms with E-state index in [1.54, 1.807) is 0 Å². The number of aryl methyl sites for hydroxylation is 3. The van der Waals surface area contributed by atoms with Crippen LogP contribution in [0.5, 0.6) is 0 Å². The van der Waals surface area contributed by atoms with E-state index in [2.05, 4.69) is 390 Å². The minimum atomic E-state index is 0. The first-order valence-corrected chi connectivity index (χ1v) is 48.8. The molecule has 3 aliphatic rings. The monoisotopic (exact) mass is 1940 g/mol. The summed E-state index contributed by atoms with van der Waals surface area (Å²) >= 11 is 0. The Kier molecular flexibility index (Phi) is 24.0. The number of rotatable bonds is 21. The first-order valence-electron chi connectivity index (χ1n) is 48.8. The van der Waals surface area contributed by atoms with Crippen LogP contribution in [0.2, 0.25) is 0 Å². The van der Waals surface area contributed by atoms with E-state index >= 15 is 0 Å². The number of furan rings is 3. The molecule has 0 fully saturated rings. The van der Waals surface area contributed by atoms with E-state index < -0.39 is 0 Å². The second-order valence-electron chi connectivity index (χ2n) is 37.6. The van der Waals surface area contributed by atoms with E-state index in [9.17, 15) is 0 Å². The van der Waals surface area contributed by atoms with Crippen molar-refractivity contribution in [2.75, 3.05) is 0 Å². The van der Waals surface area contributed by atoms with Crippen molar-refractivity contribution in [1.82, 2.24) is 15.0 Å². The first-order chi connectivity index (χ1) is 66.3. The number of hydrogen-bond acceptors (Lipinski definition) is 6. The molecule has 0 atom stereocenters. The SMILES string of the molecule is CCCC1(CCC)c2ccccc2-c2cc(-c3ccnc(-c4[c-]cc(C)c5c4oc4cc(-c6ccccc6)ccc45)c3)ccc21.CCCC1(CCC)c2ccccc2-c2cc(-c3ccnc(-c4[c-]cc(C)c5c4oc4cc(-c6ccccc6)ccc45)c3)ccc21.CCCC1(CCC)c2ccccc2-c2cc(-c3ccnc(-c4[c-]cc(C)c5c4oc4cc(-c6ccccc6)ccc45)c3)ccc21.[Ir+3]. The molecule has 136 heavy (non-hydrogen) atoms. The molecule has 0 saturated carbocycles. The van der Waals surface area contributed by atoms with Crippen molar-refractivity contribution >= 4 is 65.8 Å². The van der Waals surface area contributed by atoms with Gasteiger partial charge < -0.3 is 28.2 Å². The molecule has 0 spiro atoms. The fourth-order valence-electron chi connectivity index (χ4n) is 23.7. The van der Waals surface area contributed by atoms with Crippen molar-refractivity contribution in [2.45, 2.75) is 156 Å². The normalized spacial score (nSPS) is 13.2. The molecule has 3 aliphatic carbocycles. The van der Waals surface area contributed by atoms with Gasteiger partial charge in [-0.15, -0.1) is 53.1 Å². The summed E-state index contributed by atoms with van der Waals surface area (Å²) in [6, 6.07) is 129. The largest absolute Gasteiger partial charge is 3.00 e. The molecule has 666 valence electrons. The molecular formula is C129H108IrN3O3. The number of fused-ring (bicyclic) bond motifs is 18. The average Bonchev–Trinajstić information content (AvgIpc) is 1.60. The van der Waals surface area contributed by atoms with Crippen LogP contribution in [-0.4, -0.2) is 15.0 Å². The van der Waals surface area contributed by atoms with E-state index in [1.807, 2.05) is 36.8 Å². The Morgan fingerprint density at radius 3 is 0.743 bits per heavy atom. The third kappa shape index (κ3) is 15.2. The van der Waals surface area contributed by atoms with Crippen molar-refractivity contribution in [2.24, 2.45) is 0 Å². The molecule has 0 saturated heterocycles. The molecule has 7 heteroatoms. The van der Waals surface area contributed by atoms with Crippen LogP contribution in [0.25, 0.3) is 200 Å². The number of nitrogens with zero attached hydrogens (tertiary/aromatic N) is 3. The van der Waals surface area contributed by atoms with Gasteiger partial charge in [-0.3, -0.25) is 0 Å². The summed E-state index contributed by atoms with van der Waals surface area (Å²) in [5, 5.41) is 6.74. The summed E-state index contributed by atoms with van der Waals surface area (Å²) < 4.78 is 19.9. The molecule has 6 nitrogen and oxygen atoms in total. The number of pyridine rings is 3. The van der Waals surface area contributed by atoms with Crippen LogP contribution in [0.15, 0.2) is 359 Å². The van der Waals surface area contributed by atoms with Crippen LogP contribution in [-0.2, 0) is 36.4 Å². The van der Waals surface area contributed by atoms with Gasteiger partial charge in [0.25, 0.3) is 0 Å². The van der Waals surface area contributed by atoms with Crippen molar-refractivity contribution in [3.8, 4) is 134 Å². The fraction of sp³-hybridized carbons (Fsp3) is 0.186. The van der Waals surface area contributed by atoms with Gasteiger partial charge in [0.1, 0.15) is 16.7 Å². The van der Waals surface area contributed by atoms with Gasteiger partial charge in [0.15, 0.2) is 0 Å². The minimum absolute atomic E-state index is 0. The molecule has 0 N–H and O–H groups in total. The standard InChI is InChI=1S/3C43H36NO.Ir/c3*1-4-22-43(23-5-2)37-14-10-9-13-33(37)36-25-30(17-20-38(36)43)32-21-24-44-39(26-32)34-18-15-28(3)41-35-19-16-31(27-40(35)45-42(34)41)29-11-7-6-8-12-29;/h3*6-17,19-21,24-27H,4-5,22-23H2,1-3H3;/q3*-1;+3. The maximum atomic E-state index is 6.62. The summed E-state index contributed by atoms with van der Waals surface area (Å²) in [4.78, 5) is 14.5. The van der Waals surface area contributed by atoms with Gasteiger partial charge in [-0.25, -0.2) is 0 Å². The van der Waals surface area contributed by atoms with Gasteiger partial charge in [0, 0.05) is 51.0 Å². The van der Waals surface area contributed by atoms with E-state index in [0.29, 0.717) is 0 Å². The summed E-state index contributed by atoms with van der Waals surface area (Å²) in [6.07, 6.45) is 19.8.